The van der Waals surface area contributed by atoms with Crippen molar-refractivity contribution in [3.05, 3.63) is 60.2 Å². The van der Waals surface area contributed by atoms with E-state index in [0.717, 1.165) is 11.4 Å². The standard InChI is InChI=1S/C18H22N2O2/c1-14(21)12-13-19-18(22)16-10-6-7-11-17(16)20(2)15-8-4-3-5-9-15/h3-11,14,21H,12-13H2,1-2H3,(H,19,22). The van der Waals surface area contributed by atoms with Gasteiger partial charge in [-0.3, -0.25) is 4.79 Å². The zero-order valence-corrected chi connectivity index (χ0v) is 13.0. The number of hydrogen-bond acceptors (Lipinski definition) is 3. The van der Waals surface area contributed by atoms with E-state index in [1.807, 2.05) is 66.5 Å². The first-order valence-electron chi connectivity index (χ1n) is 7.43. The second-order valence-corrected chi connectivity index (χ2v) is 5.31. The smallest absolute Gasteiger partial charge is 0.253 e. The highest BCUT2D eigenvalue weighted by Crippen LogP contribution is 2.26. The molecule has 116 valence electrons. The Morgan fingerprint density at radius 2 is 1.77 bits per heavy atom. The molecule has 2 aromatic rings. The molecule has 0 saturated carbocycles. The molecule has 4 heteroatoms. The van der Waals surface area contributed by atoms with E-state index in [9.17, 15) is 9.90 Å². The maximum atomic E-state index is 12.4. The van der Waals surface area contributed by atoms with Crippen LogP contribution in [0.2, 0.25) is 0 Å². The molecule has 0 aliphatic rings. The third-order valence-corrected chi connectivity index (χ3v) is 3.50. The van der Waals surface area contributed by atoms with E-state index in [1.54, 1.807) is 6.92 Å². The molecular formula is C18H22N2O2. The minimum absolute atomic E-state index is 0.126. The van der Waals surface area contributed by atoms with Gasteiger partial charge in [0, 0.05) is 19.3 Å². The first-order valence-corrected chi connectivity index (χ1v) is 7.43. The van der Waals surface area contributed by atoms with E-state index in [1.165, 1.54) is 0 Å². The summed E-state index contributed by atoms with van der Waals surface area (Å²) in [5.41, 5.74) is 2.49. The maximum absolute atomic E-state index is 12.4. The molecule has 2 N–H and O–H groups in total. The van der Waals surface area contributed by atoms with Crippen molar-refractivity contribution in [2.24, 2.45) is 0 Å². The van der Waals surface area contributed by atoms with Crippen LogP contribution in [0.5, 0.6) is 0 Å². The van der Waals surface area contributed by atoms with E-state index in [-0.39, 0.29) is 5.91 Å². The van der Waals surface area contributed by atoms with Gasteiger partial charge in [0.05, 0.1) is 17.4 Å². The van der Waals surface area contributed by atoms with Crippen LogP contribution in [-0.2, 0) is 0 Å². The van der Waals surface area contributed by atoms with E-state index in [2.05, 4.69) is 5.32 Å². The van der Waals surface area contributed by atoms with Gasteiger partial charge >= 0.3 is 0 Å². The number of rotatable bonds is 6. The molecule has 1 atom stereocenters. The number of carbonyl (C=O) groups is 1. The lowest BCUT2D eigenvalue weighted by Gasteiger charge is -2.22. The zero-order valence-electron chi connectivity index (χ0n) is 13.0. The highest BCUT2D eigenvalue weighted by molar-refractivity contribution is 6.00. The molecule has 0 radical (unpaired) electrons. The number of hydrogen-bond donors (Lipinski definition) is 2. The van der Waals surface area contributed by atoms with Crippen LogP contribution < -0.4 is 10.2 Å². The molecule has 2 rings (SSSR count). The zero-order chi connectivity index (χ0) is 15.9. The summed E-state index contributed by atoms with van der Waals surface area (Å²) in [5.74, 6) is -0.126. The molecule has 0 spiro atoms. The molecule has 0 bridgehead atoms. The molecule has 1 amide bonds. The number of nitrogens with zero attached hydrogens (tertiary/aromatic N) is 1. The van der Waals surface area contributed by atoms with Crippen LogP contribution >= 0.6 is 0 Å². The van der Waals surface area contributed by atoms with Gasteiger partial charge in [-0.05, 0) is 37.6 Å². The molecule has 0 fully saturated rings. The van der Waals surface area contributed by atoms with Gasteiger partial charge in [-0.2, -0.15) is 0 Å². The Bertz CT molecular complexity index is 611. The van der Waals surface area contributed by atoms with Gasteiger partial charge in [-0.1, -0.05) is 30.3 Å². The second-order valence-electron chi connectivity index (χ2n) is 5.31. The summed E-state index contributed by atoms with van der Waals surface area (Å²) >= 11 is 0. The van der Waals surface area contributed by atoms with Crippen molar-refractivity contribution in [1.29, 1.82) is 0 Å². The van der Waals surface area contributed by atoms with Crippen molar-refractivity contribution in [3.63, 3.8) is 0 Å². The Balaban J connectivity index is 2.18. The summed E-state index contributed by atoms with van der Waals surface area (Å²) in [6.45, 7) is 2.17. The number of aliphatic hydroxyl groups excluding tert-OH is 1. The third kappa shape index (κ3) is 4.09. The fraction of sp³-hybridized carbons (Fsp3) is 0.278. The highest BCUT2D eigenvalue weighted by Gasteiger charge is 2.14. The van der Waals surface area contributed by atoms with Gasteiger partial charge in [-0.25, -0.2) is 0 Å². The van der Waals surface area contributed by atoms with Crippen molar-refractivity contribution in [1.82, 2.24) is 5.32 Å². The van der Waals surface area contributed by atoms with Gasteiger partial charge in [0.1, 0.15) is 0 Å². The summed E-state index contributed by atoms with van der Waals surface area (Å²) in [5, 5.41) is 12.1. The number of benzene rings is 2. The Hall–Kier alpha value is -2.33. The van der Waals surface area contributed by atoms with E-state index >= 15 is 0 Å². The van der Waals surface area contributed by atoms with Crippen LogP contribution in [0.15, 0.2) is 54.6 Å². The highest BCUT2D eigenvalue weighted by atomic mass is 16.3. The molecule has 0 aliphatic carbocycles. The Morgan fingerprint density at radius 3 is 2.45 bits per heavy atom. The first kappa shape index (κ1) is 16.0. The Labute approximate surface area is 131 Å². The fourth-order valence-electron chi connectivity index (χ4n) is 2.24. The molecule has 0 aromatic heterocycles. The minimum Gasteiger partial charge on any atom is -0.393 e. The topological polar surface area (TPSA) is 52.6 Å². The maximum Gasteiger partial charge on any atom is 0.253 e. The number of carbonyl (C=O) groups excluding carboxylic acids is 1. The molecule has 0 heterocycles. The second kappa shape index (κ2) is 7.61. The van der Waals surface area contributed by atoms with Gasteiger partial charge in [-0.15, -0.1) is 0 Å². The van der Waals surface area contributed by atoms with E-state index in [0.29, 0.717) is 18.5 Å². The Morgan fingerprint density at radius 1 is 1.14 bits per heavy atom. The van der Waals surface area contributed by atoms with Crippen LogP contribution in [0.4, 0.5) is 11.4 Å². The average Bonchev–Trinajstić information content (AvgIpc) is 2.54. The number of para-hydroxylation sites is 2. The fourth-order valence-corrected chi connectivity index (χ4v) is 2.24. The number of nitrogens with one attached hydrogen (secondary N) is 1. The average molecular weight is 298 g/mol. The molecule has 0 aliphatic heterocycles. The van der Waals surface area contributed by atoms with Crippen LogP contribution in [0.3, 0.4) is 0 Å². The lowest BCUT2D eigenvalue weighted by Crippen LogP contribution is -2.28. The van der Waals surface area contributed by atoms with Crippen LogP contribution in [0.25, 0.3) is 0 Å². The summed E-state index contributed by atoms with van der Waals surface area (Å²) in [6, 6.07) is 17.4. The summed E-state index contributed by atoms with van der Waals surface area (Å²) in [4.78, 5) is 14.4. The van der Waals surface area contributed by atoms with Gasteiger partial charge in [0.15, 0.2) is 0 Å². The summed E-state index contributed by atoms with van der Waals surface area (Å²) in [6.07, 6.45) is 0.130. The number of aliphatic hydroxyl groups is 1. The van der Waals surface area contributed by atoms with Gasteiger partial charge < -0.3 is 15.3 Å². The molecular weight excluding hydrogens is 276 g/mol. The quantitative estimate of drug-likeness (QED) is 0.862. The van der Waals surface area contributed by atoms with Crippen LogP contribution in [0, 0.1) is 0 Å². The molecule has 2 aromatic carbocycles. The monoisotopic (exact) mass is 298 g/mol. The number of anilines is 2. The van der Waals surface area contributed by atoms with Crippen molar-refractivity contribution < 1.29 is 9.90 Å². The van der Waals surface area contributed by atoms with E-state index in [4.69, 9.17) is 0 Å². The van der Waals surface area contributed by atoms with Crippen LogP contribution in [-0.4, -0.2) is 30.7 Å². The summed E-state index contributed by atoms with van der Waals surface area (Å²) < 4.78 is 0. The third-order valence-electron chi connectivity index (χ3n) is 3.50. The van der Waals surface area contributed by atoms with Crippen LogP contribution in [0.1, 0.15) is 23.7 Å². The summed E-state index contributed by atoms with van der Waals surface area (Å²) in [7, 11) is 1.94. The van der Waals surface area contributed by atoms with Crippen molar-refractivity contribution in [2.45, 2.75) is 19.4 Å². The Kier molecular flexibility index (Phi) is 5.55. The lowest BCUT2D eigenvalue weighted by atomic mass is 10.1. The van der Waals surface area contributed by atoms with Crippen molar-refractivity contribution in [2.75, 3.05) is 18.5 Å². The lowest BCUT2D eigenvalue weighted by molar-refractivity contribution is 0.0946. The molecule has 1 unspecified atom stereocenters. The molecule has 22 heavy (non-hydrogen) atoms. The van der Waals surface area contributed by atoms with Crippen molar-refractivity contribution in [3.8, 4) is 0 Å². The van der Waals surface area contributed by atoms with Crippen molar-refractivity contribution >= 4 is 17.3 Å². The molecule has 4 nitrogen and oxygen atoms in total. The predicted molar refractivity (Wildman–Crippen MR) is 89.6 cm³/mol. The van der Waals surface area contributed by atoms with Gasteiger partial charge in [0.25, 0.3) is 5.91 Å². The minimum atomic E-state index is -0.414. The predicted octanol–water partition coefficient (Wildman–Crippen LogP) is 2.96. The van der Waals surface area contributed by atoms with Gasteiger partial charge in [0.2, 0.25) is 0 Å². The molecule has 0 saturated heterocycles. The van der Waals surface area contributed by atoms with E-state index < -0.39 is 6.10 Å². The number of amides is 1. The largest absolute Gasteiger partial charge is 0.393 e. The normalized spacial score (nSPS) is 11.8. The first-order chi connectivity index (χ1) is 10.6. The SMILES string of the molecule is CC(O)CCNC(=O)c1ccccc1N(C)c1ccccc1.